The number of rotatable bonds is 8. The van der Waals surface area contributed by atoms with Crippen molar-refractivity contribution >= 4 is 31.3 Å². The van der Waals surface area contributed by atoms with Crippen molar-refractivity contribution in [3.8, 4) is 5.75 Å². The van der Waals surface area contributed by atoms with Gasteiger partial charge >= 0.3 is 0 Å². The van der Waals surface area contributed by atoms with Crippen molar-refractivity contribution in [3.05, 3.63) is 66.2 Å². The molecule has 0 aliphatic heterocycles. The Bertz CT molecular complexity index is 1210. The average Bonchev–Trinajstić information content (AvgIpc) is 3.32. The van der Waals surface area contributed by atoms with Crippen LogP contribution in [0.3, 0.4) is 0 Å². The van der Waals surface area contributed by atoms with E-state index in [0.29, 0.717) is 23.8 Å². The summed E-state index contributed by atoms with van der Waals surface area (Å²) in [5, 5.41) is 12.9. The first-order valence-corrected chi connectivity index (χ1v) is 12.5. The van der Waals surface area contributed by atoms with Crippen LogP contribution in [0.4, 0.5) is 5.69 Å². The number of hydrogen-bond donors (Lipinski definition) is 3. The number of nitrogens with one attached hydrogen (secondary N) is 2. The highest BCUT2D eigenvalue weighted by molar-refractivity contribution is 8.07. The molecule has 1 saturated carbocycles. The van der Waals surface area contributed by atoms with E-state index in [1.165, 1.54) is 31.7 Å². The third-order valence-corrected chi connectivity index (χ3v) is 7.65. The van der Waals surface area contributed by atoms with E-state index in [4.69, 9.17) is 15.9 Å². The Morgan fingerprint density at radius 1 is 1.06 bits per heavy atom. The van der Waals surface area contributed by atoms with Gasteiger partial charge in [0.1, 0.15) is 5.75 Å². The predicted molar refractivity (Wildman–Crippen MR) is 129 cm³/mol. The minimum atomic E-state index is -4.06. The Labute approximate surface area is 189 Å². The van der Waals surface area contributed by atoms with Crippen LogP contribution in [0.1, 0.15) is 37.7 Å². The SMILES string of the molecule is N=C(c1cc(OCCCNC2CCCC2)ccc1N)S(=O)(=O)c1cccc2ccccc12. The van der Waals surface area contributed by atoms with Gasteiger partial charge in [-0.15, -0.1) is 0 Å². The summed E-state index contributed by atoms with van der Waals surface area (Å²) in [7, 11) is -4.06. The van der Waals surface area contributed by atoms with Crippen molar-refractivity contribution < 1.29 is 13.2 Å². The number of sulfone groups is 1. The molecule has 4 N–H and O–H groups in total. The molecule has 1 aliphatic carbocycles. The van der Waals surface area contributed by atoms with Crippen LogP contribution in [0.5, 0.6) is 5.75 Å². The predicted octanol–water partition coefficient (Wildman–Crippen LogP) is 4.52. The molecule has 168 valence electrons. The molecule has 1 aliphatic rings. The minimum Gasteiger partial charge on any atom is -0.494 e. The Morgan fingerprint density at radius 2 is 1.81 bits per heavy atom. The van der Waals surface area contributed by atoms with E-state index < -0.39 is 14.9 Å². The maximum atomic E-state index is 13.3. The fourth-order valence-electron chi connectivity index (χ4n) is 4.20. The third-order valence-electron chi connectivity index (χ3n) is 5.96. The molecule has 0 unspecified atom stereocenters. The van der Waals surface area contributed by atoms with Gasteiger partial charge in [0, 0.05) is 22.7 Å². The molecule has 1 fully saturated rings. The summed E-state index contributed by atoms with van der Waals surface area (Å²) in [6, 6.07) is 17.8. The van der Waals surface area contributed by atoms with Gasteiger partial charge in [-0.25, -0.2) is 8.42 Å². The maximum absolute atomic E-state index is 13.3. The molecule has 0 radical (unpaired) electrons. The van der Waals surface area contributed by atoms with Crippen LogP contribution < -0.4 is 15.8 Å². The van der Waals surface area contributed by atoms with E-state index in [-0.39, 0.29) is 16.1 Å². The molecule has 0 bridgehead atoms. The van der Waals surface area contributed by atoms with Crippen LogP contribution >= 0.6 is 0 Å². The zero-order valence-electron chi connectivity index (χ0n) is 18.0. The highest BCUT2D eigenvalue weighted by atomic mass is 32.2. The molecular formula is C25H29N3O3S. The second-order valence-electron chi connectivity index (χ2n) is 8.20. The van der Waals surface area contributed by atoms with Crippen molar-refractivity contribution in [2.24, 2.45) is 0 Å². The lowest BCUT2D eigenvalue weighted by atomic mass is 10.1. The van der Waals surface area contributed by atoms with Gasteiger partial charge in [0.25, 0.3) is 0 Å². The topological polar surface area (TPSA) is 105 Å². The van der Waals surface area contributed by atoms with Gasteiger partial charge in [0.15, 0.2) is 5.04 Å². The van der Waals surface area contributed by atoms with Gasteiger partial charge in [-0.3, -0.25) is 5.41 Å². The quantitative estimate of drug-likeness (QED) is 0.202. The normalized spacial score (nSPS) is 14.6. The molecule has 7 heteroatoms. The number of fused-ring (bicyclic) bond motifs is 1. The number of nitrogens with two attached hydrogens (primary N) is 1. The molecule has 0 aromatic heterocycles. The second-order valence-corrected chi connectivity index (χ2v) is 10.1. The monoisotopic (exact) mass is 451 g/mol. The molecule has 4 rings (SSSR count). The number of hydrogen-bond acceptors (Lipinski definition) is 6. The smallest absolute Gasteiger partial charge is 0.224 e. The van der Waals surface area contributed by atoms with Crippen molar-refractivity contribution in [1.29, 1.82) is 5.41 Å². The molecule has 0 spiro atoms. The fourth-order valence-corrected chi connectivity index (χ4v) is 5.62. The first-order chi connectivity index (χ1) is 15.5. The summed E-state index contributed by atoms with van der Waals surface area (Å²) in [5.74, 6) is 0.507. The lowest BCUT2D eigenvalue weighted by Crippen LogP contribution is -2.27. The Balaban J connectivity index is 1.48. The minimum absolute atomic E-state index is 0.101. The molecular weight excluding hydrogens is 422 g/mol. The molecule has 0 heterocycles. The van der Waals surface area contributed by atoms with Crippen LogP contribution in [0.2, 0.25) is 0 Å². The molecule has 32 heavy (non-hydrogen) atoms. The highest BCUT2D eigenvalue weighted by Crippen LogP contribution is 2.29. The lowest BCUT2D eigenvalue weighted by Gasteiger charge is -2.14. The van der Waals surface area contributed by atoms with Crippen molar-refractivity contribution in [2.75, 3.05) is 18.9 Å². The van der Waals surface area contributed by atoms with Gasteiger partial charge < -0.3 is 15.8 Å². The second kappa shape index (κ2) is 9.71. The van der Waals surface area contributed by atoms with E-state index in [0.717, 1.165) is 18.4 Å². The van der Waals surface area contributed by atoms with Crippen molar-refractivity contribution in [1.82, 2.24) is 5.32 Å². The number of nitrogen functional groups attached to an aromatic ring is 1. The molecule has 0 saturated heterocycles. The Morgan fingerprint density at radius 3 is 2.62 bits per heavy atom. The number of anilines is 1. The lowest BCUT2D eigenvalue weighted by molar-refractivity contribution is 0.304. The average molecular weight is 452 g/mol. The van der Waals surface area contributed by atoms with E-state index in [1.54, 1.807) is 36.4 Å². The highest BCUT2D eigenvalue weighted by Gasteiger charge is 2.26. The van der Waals surface area contributed by atoms with Gasteiger partial charge in [-0.05, 0) is 55.5 Å². The maximum Gasteiger partial charge on any atom is 0.224 e. The fraction of sp³-hybridized carbons (Fsp3) is 0.320. The number of ether oxygens (including phenoxy) is 1. The summed E-state index contributed by atoms with van der Waals surface area (Å²) >= 11 is 0. The molecule has 0 amide bonds. The number of benzene rings is 3. The standard InChI is InChI=1S/C25H29N3O3S/c26-23-14-13-20(31-16-6-15-28-19-9-2-3-10-19)17-22(23)25(27)32(29,30)24-12-5-8-18-7-1-4-11-21(18)24/h1,4-5,7-8,11-14,17,19,27-28H,2-3,6,9-10,15-16,26H2. The summed E-state index contributed by atoms with van der Waals surface area (Å²) in [6.45, 7) is 1.39. The van der Waals surface area contributed by atoms with Gasteiger partial charge in [0.05, 0.1) is 11.5 Å². The van der Waals surface area contributed by atoms with Crippen LogP contribution in [-0.4, -0.2) is 32.7 Å². The van der Waals surface area contributed by atoms with Gasteiger partial charge in [0.2, 0.25) is 9.84 Å². The van der Waals surface area contributed by atoms with Crippen molar-refractivity contribution in [2.45, 2.75) is 43.0 Å². The van der Waals surface area contributed by atoms with E-state index in [1.807, 2.05) is 18.2 Å². The van der Waals surface area contributed by atoms with Gasteiger partial charge in [-0.1, -0.05) is 49.2 Å². The summed E-state index contributed by atoms with van der Waals surface area (Å²) < 4.78 is 32.4. The molecule has 3 aromatic carbocycles. The summed E-state index contributed by atoms with van der Waals surface area (Å²) in [4.78, 5) is 0.101. The van der Waals surface area contributed by atoms with Crippen LogP contribution in [0, 0.1) is 5.41 Å². The third kappa shape index (κ3) is 4.79. The van der Waals surface area contributed by atoms with Crippen molar-refractivity contribution in [3.63, 3.8) is 0 Å². The van der Waals surface area contributed by atoms with E-state index in [9.17, 15) is 8.42 Å². The summed E-state index contributed by atoms with van der Waals surface area (Å²) in [6.07, 6.45) is 5.94. The first kappa shape index (κ1) is 22.3. The largest absolute Gasteiger partial charge is 0.494 e. The summed E-state index contributed by atoms with van der Waals surface area (Å²) in [5.41, 5.74) is 6.44. The van der Waals surface area contributed by atoms with Crippen LogP contribution in [-0.2, 0) is 9.84 Å². The first-order valence-electron chi connectivity index (χ1n) is 11.0. The zero-order valence-corrected chi connectivity index (χ0v) is 18.8. The molecule has 0 atom stereocenters. The van der Waals surface area contributed by atoms with E-state index in [2.05, 4.69) is 5.32 Å². The van der Waals surface area contributed by atoms with Crippen LogP contribution in [0.25, 0.3) is 10.8 Å². The van der Waals surface area contributed by atoms with Gasteiger partial charge in [-0.2, -0.15) is 0 Å². The Hall–Kier alpha value is -2.90. The van der Waals surface area contributed by atoms with Crippen LogP contribution in [0.15, 0.2) is 65.6 Å². The molecule has 3 aromatic rings. The molecule has 6 nitrogen and oxygen atoms in total. The zero-order chi connectivity index (χ0) is 22.6. The Kier molecular flexibility index (Phi) is 6.77. The van der Waals surface area contributed by atoms with E-state index >= 15 is 0 Å².